The molecular weight excluding hydrogens is 254 g/mol. The second kappa shape index (κ2) is 6.70. The van der Waals surface area contributed by atoms with Gasteiger partial charge in [0.05, 0.1) is 10.5 Å². The summed E-state index contributed by atoms with van der Waals surface area (Å²) < 4.78 is 0. The zero-order chi connectivity index (χ0) is 14.5. The molecule has 1 aliphatic heterocycles. The number of nitrogens with zero attached hydrogens (tertiary/aromatic N) is 2. The fourth-order valence-electron chi connectivity index (χ4n) is 2.96. The van der Waals surface area contributed by atoms with E-state index in [0.29, 0.717) is 6.04 Å². The summed E-state index contributed by atoms with van der Waals surface area (Å²) in [5.74, 6) is 0. The van der Waals surface area contributed by atoms with Gasteiger partial charge in [-0.3, -0.25) is 10.1 Å². The summed E-state index contributed by atoms with van der Waals surface area (Å²) in [6.07, 6.45) is 3.35. The van der Waals surface area contributed by atoms with Gasteiger partial charge in [-0.2, -0.15) is 0 Å². The number of hydrogen-bond acceptors (Lipinski definition) is 4. The first-order valence-corrected chi connectivity index (χ1v) is 7.36. The van der Waals surface area contributed by atoms with Gasteiger partial charge in [0, 0.05) is 30.9 Å². The lowest BCUT2D eigenvalue weighted by Crippen LogP contribution is -2.46. The van der Waals surface area contributed by atoms with E-state index in [1.165, 1.54) is 6.42 Å². The molecule has 1 N–H and O–H groups in total. The van der Waals surface area contributed by atoms with Crippen molar-refractivity contribution in [3.63, 3.8) is 0 Å². The standard InChI is InChI=1S/C15H23N3O2/c1-3-10-17(13-6-5-9-16-11-13)14-7-4-8-15(12(14)2)18(19)20/h4,7-8,13,16H,3,5-6,9-11H2,1-2H3. The Morgan fingerprint density at radius 2 is 2.30 bits per heavy atom. The number of anilines is 1. The molecule has 0 spiro atoms. The maximum Gasteiger partial charge on any atom is 0.274 e. The van der Waals surface area contributed by atoms with Gasteiger partial charge >= 0.3 is 0 Å². The fourth-order valence-corrected chi connectivity index (χ4v) is 2.96. The third-order valence-corrected chi connectivity index (χ3v) is 3.96. The minimum absolute atomic E-state index is 0.215. The van der Waals surface area contributed by atoms with Gasteiger partial charge in [-0.1, -0.05) is 13.0 Å². The molecule has 1 unspecified atom stereocenters. The van der Waals surface area contributed by atoms with Crippen molar-refractivity contribution in [2.24, 2.45) is 0 Å². The molecule has 1 aromatic carbocycles. The van der Waals surface area contributed by atoms with Crippen LogP contribution in [0.4, 0.5) is 11.4 Å². The van der Waals surface area contributed by atoms with E-state index < -0.39 is 0 Å². The molecule has 0 saturated carbocycles. The Balaban J connectivity index is 2.33. The number of piperidine rings is 1. The molecule has 1 atom stereocenters. The molecule has 1 aromatic rings. The van der Waals surface area contributed by atoms with E-state index >= 15 is 0 Å². The summed E-state index contributed by atoms with van der Waals surface area (Å²) in [7, 11) is 0. The molecule has 0 bridgehead atoms. The van der Waals surface area contributed by atoms with Crippen molar-refractivity contribution < 1.29 is 4.92 Å². The molecule has 1 aliphatic rings. The first-order valence-electron chi connectivity index (χ1n) is 7.36. The summed E-state index contributed by atoms with van der Waals surface area (Å²) in [4.78, 5) is 13.2. The van der Waals surface area contributed by atoms with Gasteiger partial charge in [0.2, 0.25) is 0 Å². The van der Waals surface area contributed by atoms with Gasteiger partial charge in [0.25, 0.3) is 5.69 Å². The van der Waals surface area contributed by atoms with Crippen LogP contribution in [0.3, 0.4) is 0 Å². The molecule has 0 radical (unpaired) electrons. The minimum atomic E-state index is -0.290. The van der Waals surface area contributed by atoms with Crippen LogP contribution in [0.15, 0.2) is 18.2 Å². The normalized spacial score (nSPS) is 18.8. The predicted molar refractivity (Wildman–Crippen MR) is 81.4 cm³/mol. The average Bonchev–Trinajstić information content (AvgIpc) is 2.46. The Morgan fingerprint density at radius 1 is 1.50 bits per heavy atom. The molecule has 1 fully saturated rings. The SMILES string of the molecule is CCCN(c1cccc([N+](=O)[O-])c1C)C1CCCNC1. The van der Waals surface area contributed by atoms with Crippen molar-refractivity contribution in [2.75, 3.05) is 24.5 Å². The molecule has 5 nitrogen and oxygen atoms in total. The van der Waals surface area contributed by atoms with E-state index in [1.54, 1.807) is 12.1 Å². The second-order valence-electron chi connectivity index (χ2n) is 5.37. The average molecular weight is 277 g/mol. The highest BCUT2D eigenvalue weighted by Gasteiger charge is 2.24. The summed E-state index contributed by atoms with van der Waals surface area (Å²) >= 11 is 0. The van der Waals surface area contributed by atoms with Crippen molar-refractivity contribution in [1.29, 1.82) is 0 Å². The third kappa shape index (κ3) is 3.10. The molecular formula is C15H23N3O2. The highest BCUT2D eigenvalue weighted by atomic mass is 16.6. The third-order valence-electron chi connectivity index (χ3n) is 3.96. The summed E-state index contributed by atoms with van der Waals surface area (Å²) in [5, 5.41) is 14.5. The van der Waals surface area contributed by atoms with E-state index in [2.05, 4.69) is 17.1 Å². The van der Waals surface area contributed by atoms with Crippen LogP contribution in [0.5, 0.6) is 0 Å². The predicted octanol–water partition coefficient (Wildman–Crippen LogP) is 2.87. The van der Waals surface area contributed by atoms with Crippen LogP contribution < -0.4 is 10.2 Å². The van der Waals surface area contributed by atoms with Crippen LogP contribution in [0.2, 0.25) is 0 Å². The number of hydrogen-bond donors (Lipinski definition) is 1. The van der Waals surface area contributed by atoms with Gasteiger partial charge in [-0.25, -0.2) is 0 Å². The van der Waals surface area contributed by atoms with E-state index in [0.717, 1.165) is 43.7 Å². The monoisotopic (exact) mass is 277 g/mol. The van der Waals surface area contributed by atoms with Crippen molar-refractivity contribution in [2.45, 2.75) is 39.2 Å². The van der Waals surface area contributed by atoms with Crippen molar-refractivity contribution >= 4 is 11.4 Å². The Kier molecular flexibility index (Phi) is 4.95. The lowest BCUT2D eigenvalue weighted by Gasteiger charge is -2.37. The number of benzene rings is 1. The summed E-state index contributed by atoms with van der Waals surface area (Å²) in [6.45, 7) is 6.98. The molecule has 0 aliphatic carbocycles. The molecule has 20 heavy (non-hydrogen) atoms. The topological polar surface area (TPSA) is 58.4 Å². The number of rotatable bonds is 5. The van der Waals surface area contributed by atoms with Crippen molar-refractivity contribution in [3.8, 4) is 0 Å². The number of nitro groups is 1. The van der Waals surface area contributed by atoms with Crippen LogP contribution in [0, 0.1) is 17.0 Å². The summed E-state index contributed by atoms with van der Waals surface area (Å²) in [5.41, 5.74) is 2.00. The first kappa shape index (κ1) is 14.8. The molecule has 1 saturated heterocycles. The molecule has 5 heteroatoms. The zero-order valence-electron chi connectivity index (χ0n) is 12.3. The van der Waals surface area contributed by atoms with Crippen molar-refractivity contribution in [3.05, 3.63) is 33.9 Å². The lowest BCUT2D eigenvalue weighted by atomic mass is 10.0. The fraction of sp³-hybridized carbons (Fsp3) is 0.600. The molecule has 0 amide bonds. The Bertz CT molecular complexity index is 470. The largest absolute Gasteiger partial charge is 0.367 e. The Hall–Kier alpha value is -1.62. The molecule has 110 valence electrons. The highest BCUT2D eigenvalue weighted by molar-refractivity contribution is 5.62. The van der Waals surface area contributed by atoms with Crippen LogP contribution in [-0.4, -0.2) is 30.6 Å². The zero-order valence-corrected chi connectivity index (χ0v) is 12.3. The number of nitrogens with one attached hydrogen (secondary N) is 1. The maximum absolute atomic E-state index is 11.1. The van der Waals surface area contributed by atoms with E-state index in [-0.39, 0.29) is 10.6 Å². The first-order chi connectivity index (χ1) is 9.65. The smallest absolute Gasteiger partial charge is 0.274 e. The van der Waals surface area contributed by atoms with Gasteiger partial charge in [-0.05, 0) is 38.8 Å². The molecule has 1 heterocycles. The Morgan fingerprint density at radius 3 is 2.90 bits per heavy atom. The van der Waals surface area contributed by atoms with E-state index in [9.17, 15) is 10.1 Å². The number of nitro benzene ring substituents is 1. The van der Waals surface area contributed by atoms with Crippen LogP contribution in [-0.2, 0) is 0 Å². The second-order valence-corrected chi connectivity index (χ2v) is 5.37. The van der Waals surface area contributed by atoms with Gasteiger partial charge in [-0.15, -0.1) is 0 Å². The van der Waals surface area contributed by atoms with Gasteiger partial charge in [0.1, 0.15) is 0 Å². The Labute approximate surface area is 120 Å². The van der Waals surface area contributed by atoms with Crippen molar-refractivity contribution in [1.82, 2.24) is 5.32 Å². The lowest BCUT2D eigenvalue weighted by molar-refractivity contribution is -0.385. The quantitative estimate of drug-likeness (QED) is 0.664. The van der Waals surface area contributed by atoms with E-state index in [1.807, 2.05) is 13.0 Å². The van der Waals surface area contributed by atoms with E-state index in [4.69, 9.17) is 0 Å². The maximum atomic E-state index is 11.1. The van der Waals surface area contributed by atoms with Gasteiger partial charge in [0.15, 0.2) is 0 Å². The highest BCUT2D eigenvalue weighted by Crippen LogP contribution is 2.30. The minimum Gasteiger partial charge on any atom is -0.367 e. The van der Waals surface area contributed by atoms with Crippen LogP contribution in [0.25, 0.3) is 0 Å². The van der Waals surface area contributed by atoms with Gasteiger partial charge < -0.3 is 10.2 Å². The summed E-state index contributed by atoms with van der Waals surface area (Å²) in [6, 6.07) is 5.82. The van der Waals surface area contributed by atoms with Crippen LogP contribution in [0.1, 0.15) is 31.7 Å². The molecule has 2 rings (SSSR count). The molecule has 0 aromatic heterocycles. The van der Waals surface area contributed by atoms with Crippen LogP contribution >= 0.6 is 0 Å².